The summed E-state index contributed by atoms with van der Waals surface area (Å²) in [6.07, 6.45) is 2.47. The molecule has 0 spiro atoms. The minimum atomic E-state index is 0. The smallest absolute Gasteiger partial charge is 0.115 e. The molecule has 0 amide bonds. The predicted octanol–water partition coefficient (Wildman–Crippen LogP) is 2.37. The van der Waals surface area contributed by atoms with Gasteiger partial charge in [-0.3, -0.25) is 4.90 Å². The van der Waals surface area contributed by atoms with Crippen LogP contribution in [0.4, 0.5) is 0 Å². The third-order valence-electron chi connectivity index (χ3n) is 3.60. The van der Waals surface area contributed by atoms with Crippen molar-refractivity contribution >= 4 is 12.4 Å². The Hall–Kier alpha value is -0.770. The predicted molar refractivity (Wildman–Crippen MR) is 77.0 cm³/mol. The molecule has 3 N–H and O–H groups in total. The van der Waals surface area contributed by atoms with Crippen LogP contribution < -0.4 is 5.73 Å². The molecule has 3 nitrogen and oxygen atoms in total. The first-order chi connectivity index (χ1) is 8.15. The molecule has 2 unspecified atom stereocenters. The van der Waals surface area contributed by atoms with Gasteiger partial charge in [-0.25, -0.2) is 0 Å². The molecule has 1 fully saturated rings. The molecule has 0 bridgehead atoms. The van der Waals surface area contributed by atoms with Crippen LogP contribution in [0, 0.1) is 5.92 Å². The fourth-order valence-electron chi connectivity index (χ4n) is 2.58. The highest BCUT2D eigenvalue weighted by atomic mass is 35.5. The van der Waals surface area contributed by atoms with E-state index in [1.54, 1.807) is 6.07 Å². The molecule has 0 saturated carbocycles. The number of nitrogens with zero attached hydrogens (tertiary/aromatic N) is 1. The first-order valence-electron chi connectivity index (χ1n) is 6.41. The van der Waals surface area contributed by atoms with Gasteiger partial charge in [0.15, 0.2) is 0 Å². The first kappa shape index (κ1) is 15.3. The molecular weight excluding hydrogens is 248 g/mol. The summed E-state index contributed by atoms with van der Waals surface area (Å²) in [6, 6.07) is 7.80. The van der Waals surface area contributed by atoms with Crippen LogP contribution in [0.1, 0.15) is 25.3 Å². The topological polar surface area (TPSA) is 49.5 Å². The second kappa shape index (κ2) is 6.98. The molecule has 0 aromatic heterocycles. The summed E-state index contributed by atoms with van der Waals surface area (Å²) >= 11 is 0. The molecule has 1 aromatic rings. The van der Waals surface area contributed by atoms with Crippen molar-refractivity contribution in [3.63, 3.8) is 0 Å². The maximum atomic E-state index is 9.44. The fraction of sp³-hybridized carbons (Fsp3) is 0.571. The van der Waals surface area contributed by atoms with Crippen molar-refractivity contribution in [3.05, 3.63) is 29.8 Å². The van der Waals surface area contributed by atoms with Crippen molar-refractivity contribution in [3.8, 4) is 5.75 Å². The van der Waals surface area contributed by atoms with Gasteiger partial charge in [0.05, 0.1) is 0 Å². The van der Waals surface area contributed by atoms with E-state index < -0.39 is 0 Å². The highest BCUT2D eigenvalue weighted by Crippen LogP contribution is 2.21. The minimum Gasteiger partial charge on any atom is -0.508 e. The Kier molecular flexibility index (Phi) is 5.93. The van der Waals surface area contributed by atoms with E-state index in [-0.39, 0.29) is 18.4 Å². The number of aromatic hydroxyl groups is 1. The second-order valence-corrected chi connectivity index (χ2v) is 5.17. The van der Waals surface area contributed by atoms with E-state index in [1.807, 2.05) is 12.1 Å². The average Bonchev–Trinajstić information content (AvgIpc) is 2.29. The van der Waals surface area contributed by atoms with Crippen molar-refractivity contribution in [2.45, 2.75) is 32.4 Å². The second-order valence-electron chi connectivity index (χ2n) is 5.17. The molecule has 102 valence electrons. The van der Waals surface area contributed by atoms with Crippen LogP contribution in [0.3, 0.4) is 0 Å². The standard InChI is InChI=1S/C14H22N2O.ClH/c1-11(15)13-5-3-7-16(10-13)9-12-4-2-6-14(17)8-12;/h2,4,6,8,11,13,17H,3,5,7,9-10,15H2,1H3;1H. The number of rotatable bonds is 3. The summed E-state index contributed by atoms with van der Waals surface area (Å²) < 4.78 is 0. The van der Waals surface area contributed by atoms with Gasteiger partial charge in [0.1, 0.15) is 5.75 Å². The maximum absolute atomic E-state index is 9.44. The Balaban J connectivity index is 0.00000162. The monoisotopic (exact) mass is 270 g/mol. The maximum Gasteiger partial charge on any atom is 0.115 e. The highest BCUT2D eigenvalue weighted by Gasteiger charge is 2.22. The van der Waals surface area contributed by atoms with Crippen molar-refractivity contribution in [2.75, 3.05) is 13.1 Å². The number of phenolic OH excluding ortho intramolecular Hbond substituents is 1. The van der Waals surface area contributed by atoms with Gasteiger partial charge in [-0.05, 0) is 49.9 Å². The lowest BCUT2D eigenvalue weighted by Crippen LogP contribution is -2.41. The number of likely N-dealkylation sites (tertiary alicyclic amines) is 1. The van der Waals surface area contributed by atoms with Crippen LogP contribution in [-0.2, 0) is 6.54 Å². The van der Waals surface area contributed by atoms with Crippen molar-refractivity contribution in [1.82, 2.24) is 4.90 Å². The summed E-state index contributed by atoms with van der Waals surface area (Å²) in [4.78, 5) is 2.44. The molecule has 0 radical (unpaired) electrons. The number of halogens is 1. The van der Waals surface area contributed by atoms with Gasteiger partial charge in [0, 0.05) is 19.1 Å². The van der Waals surface area contributed by atoms with Gasteiger partial charge in [0.2, 0.25) is 0 Å². The molecule has 2 atom stereocenters. The minimum absolute atomic E-state index is 0. The number of nitrogens with two attached hydrogens (primary N) is 1. The summed E-state index contributed by atoms with van der Waals surface area (Å²) in [5, 5.41) is 9.44. The van der Waals surface area contributed by atoms with E-state index in [4.69, 9.17) is 5.73 Å². The summed E-state index contributed by atoms with van der Waals surface area (Å²) in [6.45, 7) is 5.23. The Labute approximate surface area is 115 Å². The van der Waals surface area contributed by atoms with Crippen LogP contribution in [0.25, 0.3) is 0 Å². The van der Waals surface area contributed by atoms with Crippen LogP contribution >= 0.6 is 12.4 Å². The Morgan fingerprint density at radius 3 is 2.94 bits per heavy atom. The van der Waals surface area contributed by atoms with Gasteiger partial charge >= 0.3 is 0 Å². The van der Waals surface area contributed by atoms with Gasteiger partial charge < -0.3 is 10.8 Å². The van der Waals surface area contributed by atoms with E-state index >= 15 is 0 Å². The summed E-state index contributed by atoms with van der Waals surface area (Å²) in [5.74, 6) is 0.962. The molecule has 0 aliphatic carbocycles. The quantitative estimate of drug-likeness (QED) is 0.887. The molecule has 1 aliphatic heterocycles. The molecular formula is C14H23ClN2O. The average molecular weight is 271 g/mol. The normalized spacial score (nSPS) is 22.2. The summed E-state index contributed by atoms with van der Waals surface area (Å²) in [5.41, 5.74) is 7.16. The lowest BCUT2D eigenvalue weighted by molar-refractivity contribution is 0.154. The van der Waals surface area contributed by atoms with Crippen LogP contribution in [0.5, 0.6) is 5.75 Å². The van der Waals surface area contributed by atoms with Crippen LogP contribution in [0.15, 0.2) is 24.3 Å². The van der Waals surface area contributed by atoms with E-state index in [0.29, 0.717) is 11.7 Å². The van der Waals surface area contributed by atoms with Gasteiger partial charge in [-0.1, -0.05) is 12.1 Å². The number of benzene rings is 1. The van der Waals surface area contributed by atoms with Crippen molar-refractivity contribution < 1.29 is 5.11 Å². The Morgan fingerprint density at radius 2 is 2.28 bits per heavy atom. The van der Waals surface area contributed by atoms with Crippen molar-refractivity contribution in [1.29, 1.82) is 0 Å². The Morgan fingerprint density at radius 1 is 1.50 bits per heavy atom. The fourth-order valence-corrected chi connectivity index (χ4v) is 2.58. The van der Waals surface area contributed by atoms with E-state index in [1.165, 1.54) is 18.4 Å². The summed E-state index contributed by atoms with van der Waals surface area (Å²) in [7, 11) is 0. The number of hydrogen-bond acceptors (Lipinski definition) is 3. The number of hydrogen-bond donors (Lipinski definition) is 2. The first-order valence-corrected chi connectivity index (χ1v) is 6.41. The highest BCUT2D eigenvalue weighted by molar-refractivity contribution is 5.85. The van der Waals surface area contributed by atoms with Gasteiger partial charge in [0.25, 0.3) is 0 Å². The Bertz CT molecular complexity index is 371. The number of piperidine rings is 1. The third-order valence-corrected chi connectivity index (χ3v) is 3.60. The molecule has 18 heavy (non-hydrogen) atoms. The lowest BCUT2D eigenvalue weighted by atomic mass is 9.92. The zero-order valence-corrected chi connectivity index (χ0v) is 11.7. The van der Waals surface area contributed by atoms with Gasteiger partial charge in [-0.15, -0.1) is 12.4 Å². The zero-order valence-electron chi connectivity index (χ0n) is 10.9. The lowest BCUT2D eigenvalue weighted by Gasteiger charge is -2.34. The van der Waals surface area contributed by atoms with Crippen molar-refractivity contribution in [2.24, 2.45) is 11.7 Å². The third kappa shape index (κ3) is 4.16. The van der Waals surface area contributed by atoms with Crippen LogP contribution in [0.2, 0.25) is 0 Å². The molecule has 1 heterocycles. The molecule has 1 saturated heterocycles. The molecule has 4 heteroatoms. The SMILES string of the molecule is CC(N)C1CCCN(Cc2cccc(O)c2)C1.Cl. The number of phenols is 1. The van der Waals surface area contributed by atoms with Crippen LogP contribution in [-0.4, -0.2) is 29.1 Å². The molecule has 1 aromatic carbocycles. The van der Waals surface area contributed by atoms with E-state index in [0.717, 1.165) is 19.6 Å². The van der Waals surface area contributed by atoms with E-state index in [9.17, 15) is 5.11 Å². The largest absolute Gasteiger partial charge is 0.508 e. The zero-order chi connectivity index (χ0) is 12.3. The molecule has 1 aliphatic rings. The molecule has 2 rings (SSSR count). The van der Waals surface area contributed by atoms with Gasteiger partial charge in [-0.2, -0.15) is 0 Å². The van der Waals surface area contributed by atoms with E-state index in [2.05, 4.69) is 17.9 Å².